The molecule has 15 heteroatoms. The average molecular weight is 579 g/mol. The molecule has 212 valence electrons. The van der Waals surface area contributed by atoms with Crippen molar-refractivity contribution in [1.29, 1.82) is 5.26 Å². The van der Waals surface area contributed by atoms with Crippen molar-refractivity contribution in [2.75, 3.05) is 6.61 Å². The van der Waals surface area contributed by atoms with Gasteiger partial charge in [-0.1, -0.05) is 55.4 Å². The predicted octanol–water partition coefficient (Wildman–Crippen LogP) is 2.85. The Labute approximate surface area is 245 Å². The number of carbonyl (C=O) groups is 1. The second-order valence-electron chi connectivity index (χ2n) is 11.8. The van der Waals surface area contributed by atoms with E-state index < -0.39 is 53.6 Å². The zero-order chi connectivity index (χ0) is 30.6. The molecule has 0 spiro atoms. The summed E-state index contributed by atoms with van der Waals surface area (Å²) in [7, 11) is 8.32. The van der Waals surface area contributed by atoms with Crippen LogP contribution in [0.2, 0.25) is 22.2 Å². The minimum absolute atomic E-state index is 0.0802. The zero-order valence-electron chi connectivity index (χ0n) is 25.3. The molecular weight excluding hydrogens is 538 g/mol. The van der Waals surface area contributed by atoms with Crippen molar-refractivity contribution in [1.82, 2.24) is 9.55 Å². The Morgan fingerprint density at radius 3 is 2.05 bits per heavy atom. The lowest BCUT2D eigenvalue weighted by Crippen LogP contribution is -2.65. The molecule has 6 radical (unpaired) electrons. The molecule has 0 aromatic carbocycles. The van der Waals surface area contributed by atoms with Gasteiger partial charge in [0, 0.05) is 42.2 Å². The van der Waals surface area contributed by atoms with Crippen LogP contribution in [0.25, 0.3) is 0 Å². The number of carbonyl (C=O) groups excluding carboxylic acids is 1. The van der Waals surface area contributed by atoms with Gasteiger partial charge in [-0.3, -0.25) is 9.36 Å². The van der Waals surface area contributed by atoms with Gasteiger partial charge in [-0.05, 0) is 35.2 Å². The van der Waals surface area contributed by atoms with Crippen LogP contribution in [0.4, 0.5) is 0 Å². The number of ether oxygens (including phenoxy) is 1. The molecule has 2 saturated heterocycles. The summed E-state index contributed by atoms with van der Waals surface area (Å²) in [4.78, 5) is 28.4. The SMILES string of the molecule is CC(=O)Cc1ccn([C@@H]2O[C@@H]3CO[Si](C(C)C)(C(C)C)O[Si](C(C)C)(C(C)C)O[C@H]3[C@@H]2C#N)c(=O)n1.[B]B([B])[B]. The second kappa shape index (κ2) is 14.2. The molecular formula is C25H41B4N3O6Si2. The Balaban J connectivity index is 0.00000131. The number of nitrogens with zero attached hydrogens (tertiary/aromatic N) is 3. The Kier molecular flexibility index (Phi) is 12.3. The summed E-state index contributed by atoms with van der Waals surface area (Å²) in [6, 6.07) is 3.97. The van der Waals surface area contributed by atoms with Crippen LogP contribution >= 0.6 is 0 Å². The maximum absolute atomic E-state index is 12.9. The van der Waals surface area contributed by atoms with Crippen molar-refractivity contribution in [3.8, 4) is 6.07 Å². The topological polar surface area (TPSA) is 113 Å². The summed E-state index contributed by atoms with van der Waals surface area (Å²) in [6.45, 7) is 18.8. The van der Waals surface area contributed by atoms with Crippen LogP contribution in [0.3, 0.4) is 0 Å². The lowest BCUT2D eigenvalue weighted by molar-refractivity contribution is -0.116. The van der Waals surface area contributed by atoms with Crippen molar-refractivity contribution >= 4 is 52.5 Å². The van der Waals surface area contributed by atoms with Gasteiger partial charge in [0.25, 0.3) is 0 Å². The van der Waals surface area contributed by atoms with E-state index in [0.717, 1.165) is 0 Å². The van der Waals surface area contributed by atoms with Crippen LogP contribution in [-0.4, -0.2) is 80.9 Å². The molecule has 0 N–H and O–H groups in total. The highest BCUT2D eigenvalue weighted by Crippen LogP contribution is 2.49. The molecule has 0 amide bonds. The number of hydrogen-bond donors (Lipinski definition) is 0. The van der Waals surface area contributed by atoms with Crippen LogP contribution in [0, 0.1) is 17.2 Å². The number of nitriles is 1. The first-order chi connectivity index (χ1) is 18.5. The maximum Gasteiger partial charge on any atom is 0.349 e. The summed E-state index contributed by atoms with van der Waals surface area (Å²) >= 11 is 0. The van der Waals surface area contributed by atoms with Gasteiger partial charge in [0.05, 0.1) is 24.5 Å². The molecule has 0 unspecified atom stereocenters. The predicted molar refractivity (Wildman–Crippen MR) is 163 cm³/mol. The van der Waals surface area contributed by atoms with Gasteiger partial charge in [-0.2, -0.15) is 10.2 Å². The number of ketones is 1. The van der Waals surface area contributed by atoms with E-state index in [9.17, 15) is 14.9 Å². The van der Waals surface area contributed by atoms with Gasteiger partial charge in [0.2, 0.25) is 0 Å². The summed E-state index contributed by atoms with van der Waals surface area (Å²) in [6.07, 6.45) is -1.04. The first-order valence-corrected chi connectivity index (χ1v) is 17.9. The number of fused-ring (bicyclic) bond motifs is 1. The Bertz CT molecular complexity index is 1100. The molecule has 0 aliphatic carbocycles. The smallest absolute Gasteiger partial charge is 0.349 e. The standard InChI is InChI=1S/C25H41N3O6Si2.B4/c1-15(2)35(16(3)4)31-14-22-23(33-36(34-35,17(5)6)18(7)8)21(13-26)24(32-22)28-11-10-20(12-19(9)29)27-25(28)30;1-4(2)3/h10-11,15-18,21-24H,12,14H2,1-9H3;/t21-,22+,23-,24+;/m0./s1. The van der Waals surface area contributed by atoms with E-state index in [1.807, 2.05) is 0 Å². The van der Waals surface area contributed by atoms with Crippen LogP contribution in [-0.2, 0) is 28.9 Å². The molecule has 2 fully saturated rings. The summed E-state index contributed by atoms with van der Waals surface area (Å²) < 4.78 is 28.6. The summed E-state index contributed by atoms with van der Waals surface area (Å²) in [5.74, 6) is -0.834. The largest absolute Gasteiger partial charge is 0.414 e. The van der Waals surface area contributed by atoms with E-state index in [2.05, 4.69) is 89.7 Å². The molecule has 2 aliphatic heterocycles. The lowest BCUT2D eigenvalue weighted by atomic mass is 9.08. The number of Topliss-reactive ketones (excluding diaryl/α,β-unsaturated/α-hetero) is 1. The van der Waals surface area contributed by atoms with Crippen LogP contribution in [0.1, 0.15) is 74.2 Å². The molecule has 40 heavy (non-hydrogen) atoms. The van der Waals surface area contributed by atoms with E-state index in [-0.39, 0.29) is 41.0 Å². The number of hydrogen-bond acceptors (Lipinski definition) is 8. The van der Waals surface area contributed by atoms with Gasteiger partial charge in [0.15, 0.2) is 6.23 Å². The van der Waals surface area contributed by atoms with Crippen molar-refractivity contribution in [2.24, 2.45) is 5.92 Å². The fourth-order valence-electron chi connectivity index (χ4n) is 5.53. The van der Waals surface area contributed by atoms with Crippen LogP contribution in [0.15, 0.2) is 17.1 Å². The maximum atomic E-state index is 12.9. The van der Waals surface area contributed by atoms with Crippen LogP contribution in [0.5, 0.6) is 0 Å². The summed E-state index contributed by atoms with van der Waals surface area (Å²) in [5, 5.41) is 10.2. The van der Waals surface area contributed by atoms with Gasteiger partial charge in [0.1, 0.15) is 17.8 Å². The van der Waals surface area contributed by atoms with Crippen molar-refractivity contribution in [3.05, 3.63) is 28.4 Å². The van der Waals surface area contributed by atoms with Gasteiger partial charge in [-0.15, -0.1) is 0 Å². The molecule has 0 saturated carbocycles. The monoisotopic (exact) mass is 579 g/mol. The quantitative estimate of drug-likeness (QED) is 0.454. The first-order valence-electron chi connectivity index (χ1n) is 13.9. The number of aromatic nitrogens is 2. The van der Waals surface area contributed by atoms with Gasteiger partial charge < -0.3 is 17.7 Å². The first kappa shape index (κ1) is 34.8. The highest BCUT2D eigenvalue weighted by Gasteiger charge is 2.62. The van der Waals surface area contributed by atoms with Gasteiger partial charge in [-0.25, -0.2) is 4.79 Å². The average Bonchev–Trinajstić information content (AvgIpc) is 3.13. The third kappa shape index (κ3) is 7.50. The fourth-order valence-corrected chi connectivity index (χ4v) is 16.7. The second-order valence-corrected chi connectivity index (χ2v) is 20.7. The molecule has 3 heterocycles. The van der Waals surface area contributed by atoms with E-state index in [0.29, 0.717) is 5.69 Å². The zero-order valence-corrected chi connectivity index (χ0v) is 27.3. The van der Waals surface area contributed by atoms with E-state index >= 15 is 0 Å². The molecule has 3 rings (SSSR count). The number of rotatable bonds is 7. The van der Waals surface area contributed by atoms with Crippen molar-refractivity contribution in [2.45, 2.75) is 109 Å². The Morgan fingerprint density at radius 1 is 1.10 bits per heavy atom. The van der Waals surface area contributed by atoms with Crippen molar-refractivity contribution < 1.29 is 22.5 Å². The Hall–Kier alpha value is -1.43. The molecule has 0 bridgehead atoms. The highest BCUT2D eigenvalue weighted by molar-refractivity contribution is 7.49. The van der Waals surface area contributed by atoms with E-state index in [1.54, 1.807) is 12.3 Å². The van der Waals surface area contributed by atoms with Crippen LogP contribution < -0.4 is 5.69 Å². The Morgan fingerprint density at radius 2 is 1.62 bits per heavy atom. The minimum atomic E-state index is -2.93. The van der Waals surface area contributed by atoms with Crippen molar-refractivity contribution in [3.63, 3.8) is 0 Å². The minimum Gasteiger partial charge on any atom is -0.414 e. The third-order valence-corrected chi connectivity index (χ3v) is 17.7. The normalized spacial score (nSPS) is 25.5. The molecule has 1 aromatic rings. The molecule has 1 aromatic heterocycles. The molecule has 2 aliphatic rings. The highest BCUT2D eigenvalue weighted by atomic mass is 28.5. The molecule has 4 atom stereocenters. The summed E-state index contributed by atoms with van der Waals surface area (Å²) in [5.41, 5.74) is 0.425. The van der Waals surface area contributed by atoms with E-state index in [4.69, 9.17) is 17.7 Å². The fraction of sp³-hybridized carbons (Fsp3) is 0.760. The molecule has 9 nitrogen and oxygen atoms in total. The van der Waals surface area contributed by atoms with E-state index in [1.165, 1.54) is 11.5 Å². The van der Waals surface area contributed by atoms with Gasteiger partial charge >= 0.3 is 22.8 Å². The lowest BCUT2D eigenvalue weighted by Gasteiger charge is -2.51. The third-order valence-electron chi connectivity index (χ3n) is 7.41.